The van der Waals surface area contributed by atoms with E-state index in [2.05, 4.69) is 31.5 Å². The zero-order valence-electron chi connectivity index (χ0n) is 17.4. The van der Waals surface area contributed by atoms with Crippen LogP contribution in [0.25, 0.3) is 11.0 Å². The predicted octanol–water partition coefficient (Wildman–Crippen LogP) is 3.17. The Kier molecular flexibility index (Phi) is 4.18. The highest BCUT2D eigenvalue weighted by atomic mass is 19.3. The molecule has 2 saturated carbocycles. The van der Waals surface area contributed by atoms with E-state index in [1.807, 2.05) is 30.3 Å². The normalized spacial score (nSPS) is 21.2. The highest BCUT2D eigenvalue weighted by Crippen LogP contribution is 2.53. The predicted molar refractivity (Wildman–Crippen MR) is 114 cm³/mol. The molecule has 1 amide bonds. The van der Waals surface area contributed by atoms with Gasteiger partial charge in [0.1, 0.15) is 11.6 Å². The molecular formula is C23H23F2N5O2. The SMILES string of the molecule is O=C(CN1CC2(CC(Oc3ccc4[nH]ncc4n3)C2)c2ccccc21)NC1CC(F)(F)C1. The number of hydrogen-bond donors (Lipinski definition) is 2. The molecule has 1 spiro atoms. The van der Waals surface area contributed by atoms with Crippen LogP contribution in [0.15, 0.2) is 42.6 Å². The van der Waals surface area contributed by atoms with Gasteiger partial charge in [-0.05, 0) is 30.5 Å². The summed E-state index contributed by atoms with van der Waals surface area (Å²) in [6.07, 6.45) is 2.86. The number of nitrogens with zero attached hydrogens (tertiary/aromatic N) is 3. The molecule has 1 aromatic carbocycles. The van der Waals surface area contributed by atoms with Crippen LogP contribution in [0.4, 0.5) is 14.5 Å². The van der Waals surface area contributed by atoms with Crippen molar-refractivity contribution in [2.45, 2.75) is 49.2 Å². The summed E-state index contributed by atoms with van der Waals surface area (Å²) in [5.74, 6) is -2.26. The highest BCUT2D eigenvalue weighted by Gasteiger charge is 2.53. The number of anilines is 1. The molecule has 0 unspecified atom stereocenters. The number of nitrogens with one attached hydrogen (secondary N) is 2. The number of halogens is 2. The Morgan fingerprint density at radius 2 is 2.00 bits per heavy atom. The number of H-pyrrole nitrogens is 1. The Bertz CT molecular complexity index is 1180. The van der Waals surface area contributed by atoms with Crippen LogP contribution in [0.3, 0.4) is 0 Å². The molecule has 2 N–H and O–H groups in total. The lowest BCUT2D eigenvalue weighted by molar-refractivity contribution is -0.127. The third kappa shape index (κ3) is 3.27. The Morgan fingerprint density at radius 3 is 2.81 bits per heavy atom. The van der Waals surface area contributed by atoms with Crippen LogP contribution < -0.4 is 15.0 Å². The Morgan fingerprint density at radius 1 is 1.19 bits per heavy atom. The fourth-order valence-corrected chi connectivity index (χ4v) is 5.38. The number of hydrogen-bond acceptors (Lipinski definition) is 5. The monoisotopic (exact) mass is 439 g/mol. The first-order chi connectivity index (χ1) is 15.4. The van der Waals surface area contributed by atoms with Gasteiger partial charge in [0.25, 0.3) is 5.92 Å². The number of para-hydroxylation sites is 1. The van der Waals surface area contributed by atoms with E-state index in [1.165, 1.54) is 5.56 Å². The molecule has 0 atom stereocenters. The van der Waals surface area contributed by atoms with E-state index in [-0.39, 0.29) is 36.8 Å². The van der Waals surface area contributed by atoms with Crippen molar-refractivity contribution in [1.29, 1.82) is 0 Å². The first-order valence-electron chi connectivity index (χ1n) is 10.9. The molecule has 0 bridgehead atoms. The zero-order chi connectivity index (χ0) is 21.9. The van der Waals surface area contributed by atoms with Crippen molar-refractivity contribution in [3.63, 3.8) is 0 Å². The van der Waals surface area contributed by atoms with Gasteiger partial charge in [0, 0.05) is 42.6 Å². The largest absolute Gasteiger partial charge is 0.474 e. The number of benzene rings is 1. The number of aromatic nitrogens is 3. The van der Waals surface area contributed by atoms with Crippen LogP contribution >= 0.6 is 0 Å². The second kappa shape index (κ2) is 6.88. The number of amides is 1. The van der Waals surface area contributed by atoms with Gasteiger partial charge in [-0.1, -0.05) is 18.2 Å². The lowest BCUT2D eigenvalue weighted by Crippen LogP contribution is -2.54. The first-order valence-corrected chi connectivity index (χ1v) is 10.9. The number of rotatable bonds is 5. The van der Waals surface area contributed by atoms with Crippen LogP contribution in [0.5, 0.6) is 5.88 Å². The van der Waals surface area contributed by atoms with E-state index in [1.54, 1.807) is 6.20 Å². The number of aromatic amines is 1. The second-order valence-corrected chi connectivity index (χ2v) is 9.28. The molecule has 1 aliphatic heterocycles. The van der Waals surface area contributed by atoms with Gasteiger partial charge in [-0.2, -0.15) is 5.10 Å². The highest BCUT2D eigenvalue weighted by molar-refractivity contribution is 5.83. The van der Waals surface area contributed by atoms with Crippen molar-refractivity contribution < 1.29 is 18.3 Å². The summed E-state index contributed by atoms with van der Waals surface area (Å²) in [6, 6.07) is 11.4. The number of pyridine rings is 1. The molecule has 166 valence electrons. The average Bonchev–Trinajstić information content (AvgIpc) is 3.29. The molecule has 2 fully saturated rings. The molecule has 9 heteroatoms. The summed E-state index contributed by atoms with van der Waals surface area (Å²) >= 11 is 0. The fourth-order valence-electron chi connectivity index (χ4n) is 5.38. The fraction of sp³-hybridized carbons (Fsp3) is 0.435. The minimum absolute atomic E-state index is 0.0471. The summed E-state index contributed by atoms with van der Waals surface area (Å²) in [7, 11) is 0. The van der Waals surface area contributed by atoms with Crippen LogP contribution in [-0.4, -0.2) is 52.2 Å². The van der Waals surface area contributed by atoms with Crippen molar-refractivity contribution in [3.8, 4) is 5.88 Å². The minimum atomic E-state index is -2.64. The number of ether oxygens (including phenoxy) is 1. The molecule has 0 saturated heterocycles. The van der Waals surface area contributed by atoms with Gasteiger partial charge >= 0.3 is 0 Å². The average molecular weight is 439 g/mol. The zero-order valence-corrected chi connectivity index (χ0v) is 17.4. The van der Waals surface area contributed by atoms with E-state index in [9.17, 15) is 13.6 Å². The third-order valence-corrected chi connectivity index (χ3v) is 6.89. The molecule has 2 aliphatic carbocycles. The van der Waals surface area contributed by atoms with Crippen LogP contribution in [0.2, 0.25) is 0 Å². The van der Waals surface area contributed by atoms with E-state index in [0.29, 0.717) is 12.4 Å². The van der Waals surface area contributed by atoms with Gasteiger partial charge in [0.15, 0.2) is 0 Å². The van der Waals surface area contributed by atoms with Crippen LogP contribution in [0, 0.1) is 0 Å². The van der Waals surface area contributed by atoms with E-state index in [4.69, 9.17) is 4.74 Å². The maximum absolute atomic E-state index is 13.1. The number of carbonyl (C=O) groups excluding carboxylic acids is 1. The molecule has 3 aliphatic rings. The molecule has 3 heterocycles. The second-order valence-electron chi connectivity index (χ2n) is 9.28. The number of carbonyl (C=O) groups is 1. The summed E-state index contributed by atoms with van der Waals surface area (Å²) in [5.41, 5.74) is 3.83. The van der Waals surface area contributed by atoms with E-state index >= 15 is 0 Å². The molecule has 32 heavy (non-hydrogen) atoms. The molecule has 6 rings (SSSR count). The number of alkyl halides is 2. The maximum Gasteiger partial charge on any atom is 0.252 e. The first kappa shape index (κ1) is 19.5. The quantitative estimate of drug-likeness (QED) is 0.638. The molecule has 7 nitrogen and oxygen atoms in total. The topological polar surface area (TPSA) is 83.1 Å². The summed E-state index contributed by atoms with van der Waals surface area (Å²) in [6.45, 7) is 0.889. The molecule has 0 radical (unpaired) electrons. The lowest BCUT2D eigenvalue weighted by atomic mass is 9.64. The van der Waals surface area contributed by atoms with Crippen molar-refractivity contribution >= 4 is 22.6 Å². The van der Waals surface area contributed by atoms with Crippen LogP contribution in [-0.2, 0) is 10.2 Å². The summed E-state index contributed by atoms with van der Waals surface area (Å²) in [5, 5.41) is 9.61. The summed E-state index contributed by atoms with van der Waals surface area (Å²) in [4.78, 5) is 19.0. The number of fused-ring (bicyclic) bond motifs is 3. The maximum atomic E-state index is 13.1. The van der Waals surface area contributed by atoms with E-state index < -0.39 is 12.0 Å². The molecular weight excluding hydrogens is 416 g/mol. The Labute approximate surface area is 183 Å². The van der Waals surface area contributed by atoms with Gasteiger partial charge in [0.05, 0.1) is 18.3 Å². The minimum Gasteiger partial charge on any atom is -0.474 e. The van der Waals surface area contributed by atoms with Crippen molar-refractivity contribution in [3.05, 3.63) is 48.2 Å². The summed E-state index contributed by atoms with van der Waals surface area (Å²) < 4.78 is 32.3. The van der Waals surface area contributed by atoms with Gasteiger partial charge in [-0.3, -0.25) is 9.89 Å². The molecule has 3 aromatic rings. The lowest BCUT2D eigenvalue weighted by Gasteiger charge is -2.45. The van der Waals surface area contributed by atoms with Gasteiger partial charge in [-0.25, -0.2) is 13.8 Å². The van der Waals surface area contributed by atoms with Crippen LogP contribution in [0.1, 0.15) is 31.2 Å². The Hall–Kier alpha value is -3.23. The van der Waals surface area contributed by atoms with Crippen molar-refractivity contribution in [2.24, 2.45) is 0 Å². The smallest absolute Gasteiger partial charge is 0.252 e. The van der Waals surface area contributed by atoms with Crippen molar-refractivity contribution in [1.82, 2.24) is 20.5 Å². The van der Waals surface area contributed by atoms with E-state index in [0.717, 1.165) is 29.6 Å². The standard InChI is InChI=1S/C23H23F2N5O2/c24-23(25)7-14(8-23)27-20(31)12-30-13-22(16-3-1-2-4-19(16)30)9-15(10-22)32-21-6-5-17-18(28-21)11-26-29-17/h1-6,11,14-15H,7-10,12-13H2,(H,26,29)(H,27,31). The van der Waals surface area contributed by atoms with Crippen molar-refractivity contribution in [2.75, 3.05) is 18.0 Å². The van der Waals surface area contributed by atoms with Gasteiger partial charge in [0.2, 0.25) is 11.8 Å². The third-order valence-electron chi connectivity index (χ3n) is 6.89. The van der Waals surface area contributed by atoms with Gasteiger partial charge < -0.3 is 15.0 Å². The van der Waals surface area contributed by atoms with Gasteiger partial charge in [-0.15, -0.1) is 0 Å². The molecule has 2 aromatic heterocycles. The Balaban J connectivity index is 1.12.